The zero-order valence-electron chi connectivity index (χ0n) is 22.5. The van der Waals surface area contributed by atoms with Gasteiger partial charge in [0.25, 0.3) is 0 Å². The van der Waals surface area contributed by atoms with Gasteiger partial charge in [-0.25, -0.2) is 8.42 Å². The van der Waals surface area contributed by atoms with Gasteiger partial charge in [-0.3, -0.25) is 9.59 Å². The van der Waals surface area contributed by atoms with Crippen molar-refractivity contribution < 1.29 is 22.7 Å². The number of sulfonamides is 1. The minimum atomic E-state index is -3.96. The Hall–Kier alpha value is -2.95. The van der Waals surface area contributed by atoms with Gasteiger partial charge >= 0.3 is 0 Å². The van der Waals surface area contributed by atoms with Crippen LogP contribution in [0, 0.1) is 0 Å². The Morgan fingerprint density at radius 3 is 2.44 bits per heavy atom. The summed E-state index contributed by atoms with van der Waals surface area (Å²) in [6.45, 7) is 4.26. The molecule has 1 N–H and O–H groups in total. The number of hydrogen-bond acceptors (Lipinski definition) is 6. The van der Waals surface area contributed by atoms with Gasteiger partial charge in [-0.05, 0) is 87.0 Å². The molecule has 0 bridgehead atoms. The van der Waals surface area contributed by atoms with Crippen LogP contribution in [0.1, 0.15) is 38.5 Å². The number of hydrogen-bond donors (Lipinski definition) is 1. The Labute approximate surface area is 231 Å². The number of likely N-dealkylation sites (tertiary alicyclic amines) is 3. The summed E-state index contributed by atoms with van der Waals surface area (Å²) in [6, 6.07) is 13.3. The van der Waals surface area contributed by atoms with E-state index in [0.29, 0.717) is 25.1 Å². The van der Waals surface area contributed by atoms with Crippen molar-refractivity contribution in [2.45, 2.75) is 55.5 Å². The van der Waals surface area contributed by atoms with E-state index in [1.54, 1.807) is 19.2 Å². The third kappa shape index (κ3) is 6.45. The van der Waals surface area contributed by atoms with Gasteiger partial charge in [0.05, 0.1) is 18.6 Å². The molecule has 0 aliphatic carbocycles. The molecular weight excluding hydrogens is 516 g/mol. The Morgan fingerprint density at radius 1 is 0.949 bits per heavy atom. The molecule has 0 radical (unpaired) electrons. The predicted octanol–water partition coefficient (Wildman–Crippen LogP) is 2.72. The molecule has 10 heteroatoms. The van der Waals surface area contributed by atoms with E-state index in [0.717, 1.165) is 50.1 Å². The number of nitrogens with zero attached hydrogens (tertiary/aromatic N) is 3. The molecular formula is C29H38N4O5S. The molecule has 2 atom stereocenters. The highest BCUT2D eigenvalue weighted by Gasteiger charge is 2.36. The summed E-state index contributed by atoms with van der Waals surface area (Å²) in [7, 11) is -2.38. The predicted molar refractivity (Wildman–Crippen MR) is 149 cm³/mol. The molecule has 0 saturated carbocycles. The lowest BCUT2D eigenvalue weighted by molar-refractivity contribution is -0.143. The van der Waals surface area contributed by atoms with Crippen LogP contribution in [0.25, 0.3) is 11.1 Å². The molecule has 0 aromatic heterocycles. The van der Waals surface area contributed by atoms with Crippen LogP contribution in [0.3, 0.4) is 0 Å². The van der Waals surface area contributed by atoms with Gasteiger partial charge in [-0.2, -0.15) is 4.72 Å². The first-order valence-corrected chi connectivity index (χ1v) is 15.4. The molecule has 0 spiro atoms. The number of rotatable bonds is 9. The second kappa shape index (κ2) is 12.1. The standard InChI is InChI=1S/C29H38N4O5S/c1-38-25-11-4-8-22(18-25)23-9-5-12-26(19-23)39(36,37)30-27-13-7-16-32(29(27)35)21-28(34)33-17-6-10-24(33)20-31-14-2-3-15-31/h4-5,8-9,11-12,18-19,24,27,30H,2-3,6-7,10,13-17,20-21H2,1H3/t24-,27?/m0/s1. The third-order valence-electron chi connectivity index (χ3n) is 8.07. The van der Waals surface area contributed by atoms with Crippen molar-refractivity contribution in [1.29, 1.82) is 0 Å². The van der Waals surface area contributed by atoms with E-state index in [1.165, 1.54) is 23.8 Å². The molecule has 1 unspecified atom stereocenters. The van der Waals surface area contributed by atoms with Crippen molar-refractivity contribution in [1.82, 2.24) is 19.4 Å². The lowest BCUT2D eigenvalue weighted by Gasteiger charge is -2.34. The Balaban J connectivity index is 1.23. The van der Waals surface area contributed by atoms with Crippen molar-refractivity contribution in [3.63, 3.8) is 0 Å². The maximum atomic E-state index is 13.3. The zero-order valence-corrected chi connectivity index (χ0v) is 23.4. The topological polar surface area (TPSA) is 99.3 Å². The quantitative estimate of drug-likeness (QED) is 0.512. The Kier molecular flexibility index (Phi) is 8.54. The molecule has 2 amide bonds. The van der Waals surface area contributed by atoms with Gasteiger partial charge in [0, 0.05) is 25.7 Å². The highest BCUT2D eigenvalue weighted by atomic mass is 32.2. The van der Waals surface area contributed by atoms with E-state index in [2.05, 4.69) is 9.62 Å². The monoisotopic (exact) mass is 554 g/mol. The molecule has 2 aromatic rings. The number of amides is 2. The highest BCUT2D eigenvalue weighted by Crippen LogP contribution is 2.27. The molecule has 3 aliphatic rings. The van der Waals surface area contributed by atoms with Gasteiger partial charge < -0.3 is 19.4 Å². The average molecular weight is 555 g/mol. The second-order valence-corrected chi connectivity index (χ2v) is 12.4. The van der Waals surface area contributed by atoms with E-state index in [9.17, 15) is 18.0 Å². The van der Waals surface area contributed by atoms with Gasteiger partial charge in [0.15, 0.2) is 0 Å². The van der Waals surface area contributed by atoms with Gasteiger partial charge in [-0.15, -0.1) is 0 Å². The average Bonchev–Trinajstić information content (AvgIpc) is 3.64. The molecule has 210 valence electrons. The number of methoxy groups -OCH3 is 1. The number of piperidine rings is 1. The summed E-state index contributed by atoms with van der Waals surface area (Å²) in [5.74, 6) is 0.301. The first-order chi connectivity index (χ1) is 18.8. The van der Waals surface area contributed by atoms with Crippen LogP contribution in [0.5, 0.6) is 5.75 Å². The maximum absolute atomic E-state index is 13.3. The summed E-state index contributed by atoms with van der Waals surface area (Å²) in [5.41, 5.74) is 1.56. The number of carbonyl (C=O) groups excluding carboxylic acids is 2. The lowest BCUT2D eigenvalue weighted by atomic mass is 10.1. The number of carbonyl (C=O) groups is 2. The largest absolute Gasteiger partial charge is 0.497 e. The van der Waals surface area contributed by atoms with Crippen molar-refractivity contribution >= 4 is 21.8 Å². The minimum absolute atomic E-state index is 0.00110. The molecule has 5 rings (SSSR count). The Morgan fingerprint density at radius 2 is 1.67 bits per heavy atom. The molecule has 39 heavy (non-hydrogen) atoms. The van der Waals surface area contributed by atoms with Crippen LogP contribution in [-0.4, -0.2) is 93.4 Å². The smallest absolute Gasteiger partial charge is 0.242 e. The van der Waals surface area contributed by atoms with E-state index in [1.807, 2.05) is 35.2 Å². The van der Waals surface area contributed by atoms with Crippen molar-refractivity contribution in [2.24, 2.45) is 0 Å². The molecule has 3 aliphatic heterocycles. The normalized spacial score (nSPS) is 22.4. The molecule has 3 fully saturated rings. The zero-order chi connectivity index (χ0) is 27.4. The molecule has 3 heterocycles. The Bertz CT molecular complexity index is 1290. The highest BCUT2D eigenvalue weighted by molar-refractivity contribution is 7.89. The van der Waals surface area contributed by atoms with Gasteiger partial charge in [-0.1, -0.05) is 24.3 Å². The second-order valence-electron chi connectivity index (χ2n) is 10.7. The van der Waals surface area contributed by atoms with E-state index in [4.69, 9.17) is 4.74 Å². The van der Waals surface area contributed by atoms with E-state index < -0.39 is 16.1 Å². The van der Waals surface area contributed by atoms with Crippen LogP contribution < -0.4 is 9.46 Å². The summed E-state index contributed by atoms with van der Waals surface area (Å²) in [4.78, 5) is 32.5. The van der Waals surface area contributed by atoms with Crippen LogP contribution in [-0.2, 0) is 19.6 Å². The van der Waals surface area contributed by atoms with Crippen molar-refractivity contribution in [3.05, 3.63) is 48.5 Å². The first-order valence-electron chi connectivity index (χ1n) is 13.9. The van der Waals surface area contributed by atoms with Crippen molar-refractivity contribution in [3.8, 4) is 16.9 Å². The molecule has 9 nitrogen and oxygen atoms in total. The van der Waals surface area contributed by atoms with Crippen LogP contribution in [0.15, 0.2) is 53.4 Å². The van der Waals surface area contributed by atoms with Gasteiger partial charge in [0.1, 0.15) is 11.8 Å². The fourth-order valence-corrected chi connectivity index (χ4v) is 7.25. The lowest BCUT2D eigenvalue weighted by Crippen LogP contribution is -2.55. The number of benzene rings is 2. The summed E-state index contributed by atoms with van der Waals surface area (Å²) in [6.07, 6.45) is 5.44. The van der Waals surface area contributed by atoms with Crippen LogP contribution in [0.4, 0.5) is 0 Å². The molecule has 2 aromatic carbocycles. The van der Waals surface area contributed by atoms with E-state index in [-0.39, 0.29) is 29.3 Å². The molecule has 3 saturated heterocycles. The third-order valence-corrected chi connectivity index (χ3v) is 9.54. The fraction of sp³-hybridized carbons (Fsp3) is 0.517. The number of nitrogens with one attached hydrogen (secondary N) is 1. The SMILES string of the molecule is COc1cccc(-c2cccc(S(=O)(=O)NC3CCCN(CC(=O)N4CCC[C@H]4CN4CCCC4)C3=O)c2)c1. The maximum Gasteiger partial charge on any atom is 0.242 e. The van der Waals surface area contributed by atoms with Gasteiger partial charge in [0.2, 0.25) is 21.8 Å². The van der Waals surface area contributed by atoms with E-state index >= 15 is 0 Å². The summed E-state index contributed by atoms with van der Waals surface area (Å²) >= 11 is 0. The number of ether oxygens (including phenoxy) is 1. The van der Waals surface area contributed by atoms with Crippen LogP contribution >= 0.6 is 0 Å². The minimum Gasteiger partial charge on any atom is -0.497 e. The fourth-order valence-electron chi connectivity index (χ4n) is 5.98. The summed E-state index contributed by atoms with van der Waals surface area (Å²) in [5, 5.41) is 0. The van der Waals surface area contributed by atoms with Crippen LogP contribution in [0.2, 0.25) is 0 Å². The van der Waals surface area contributed by atoms with Crippen molar-refractivity contribution in [2.75, 3.05) is 46.4 Å². The first kappa shape index (κ1) is 27.6. The summed E-state index contributed by atoms with van der Waals surface area (Å²) < 4.78 is 34.5.